The molecule has 6 nitrogen and oxygen atoms in total. The quantitative estimate of drug-likeness (QED) is 0.685. The Morgan fingerprint density at radius 1 is 0.933 bits per heavy atom. The molecular weight excluding hydrogens is 444 g/mol. The van der Waals surface area contributed by atoms with E-state index in [4.69, 9.17) is 11.6 Å². The predicted octanol–water partition coefficient (Wildman–Crippen LogP) is 4.71. The van der Waals surface area contributed by atoms with E-state index >= 15 is 0 Å². The van der Waals surface area contributed by atoms with Crippen molar-refractivity contribution in [3.8, 4) is 0 Å². The normalized spacial score (nSPS) is 20.8. The number of piperidine rings is 1. The van der Waals surface area contributed by atoms with E-state index in [0.29, 0.717) is 21.8 Å². The van der Waals surface area contributed by atoms with Crippen LogP contribution < -0.4 is 4.72 Å². The van der Waals surface area contributed by atoms with Crippen LogP contribution in [0.1, 0.15) is 44.2 Å². The van der Waals surface area contributed by atoms with E-state index in [2.05, 4.69) is 4.72 Å². The Hall–Kier alpha value is -1.61. The summed E-state index contributed by atoms with van der Waals surface area (Å²) in [4.78, 5) is 0.293. The van der Waals surface area contributed by atoms with Gasteiger partial charge in [0, 0.05) is 22.8 Å². The lowest BCUT2D eigenvalue weighted by Gasteiger charge is -2.37. The van der Waals surface area contributed by atoms with E-state index in [1.165, 1.54) is 30.3 Å². The number of halogens is 1. The monoisotopic (exact) mass is 470 g/mol. The number of aryl methyl sites for hydroxylation is 2. The Morgan fingerprint density at radius 3 is 2.07 bits per heavy atom. The van der Waals surface area contributed by atoms with E-state index in [9.17, 15) is 16.8 Å². The third-order valence-electron chi connectivity index (χ3n) is 5.54. The Labute approximate surface area is 184 Å². The van der Waals surface area contributed by atoms with E-state index in [1.807, 2.05) is 13.8 Å². The molecule has 2 aromatic carbocycles. The lowest BCUT2D eigenvalue weighted by atomic mass is 10.0. The van der Waals surface area contributed by atoms with Crippen molar-refractivity contribution in [1.29, 1.82) is 0 Å². The summed E-state index contributed by atoms with van der Waals surface area (Å²) >= 11 is 6.06. The van der Waals surface area contributed by atoms with Gasteiger partial charge < -0.3 is 0 Å². The summed E-state index contributed by atoms with van der Waals surface area (Å²) in [5.74, 6) is 0. The van der Waals surface area contributed by atoms with Gasteiger partial charge in [-0.15, -0.1) is 0 Å². The summed E-state index contributed by atoms with van der Waals surface area (Å²) in [7, 11) is -7.49. The molecule has 0 amide bonds. The topological polar surface area (TPSA) is 83.5 Å². The number of sulfonamides is 2. The molecule has 1 aliphatic heterocycles. The number of nitrogens with zero attached hydrogens (tertiary/aromatic N) is 1. The molecule has 0 spiro atoms. The first-order chi connectivity index (χ1) is 13.9. The molecule has 30 heavy (non-hydrogen) atoms. The molecule has 1 heterocycles. The second-order valence-corrected chi connectivity index (χ2v) is 11.9. The van der Waals surface area contributed by atoms with Gasteiger partial charge >= 0.3 is 0 Å². The van der Waals surface area contributed by atoms with Crippen LogP contribution in [0.15, 0.2) is 46.2 Å². The fraction of sp³-hybridized carbons (Fsp3) is 0.429. The molecule has 164 valence electrons. The zero-order chi connectivity index (χ0) is 22.3. The Balaban J connectivity index is 1.86. The molecule has 0 aromatic heterocycles. The van der Waals surface area contributed by atoms with Crippen molar-refractivity contribution in [2.45, 2.75) is 68.8 Å². The molecule has 1 aliphatic rings. The summed E-state index contributed by atoms with van der Waals surface area (Å²) in [6.07, 6.45) is 2.68. The highest BCUT2D eigenvalue weighted by atomic mass is 35.5. The zero-order valence-electron chi connectivity index (χ0n) is 17.5. The van der Waals surface area contributed by atoms with Gasteiger partial charge in [0.2, 0.25) is 10.0 Å². The maximum Gasteiger partial charge on any atom is 0.262 e. The summed E-state index contributed by atoms with van der Waals surface area (Å²) in [6.45, 7) is 7.26. The zero-order valence-corrected chi connectivity index (χ0v) is 19.9. The van der Waals surface area contributed by atoms with Crippen LogP contribution in [0.4, 0.5) is 5.69 Å². The molecule has 0 bridgehead atoms. The fourth-order valence-electron chi connectivity index (χ4n) is 3.94. The van der Waals surface area contributed by atoms with Crippen molar-refractivity contribution >= 4 is 37.3 Å². The van der Waals surface area contributed by atoms with Crippen LogP contribution in [0.3, 0.4) is 0 Å². The van der Waals surface area contributed by atoms with Gasteiger partial charge in [0.15, 0.2) is 0 Å². The van der Waals surface area contributed by atoms with Gasteiger partial charge in [-0.05, 0) is 88.1 Å². The number of nitrogens with one attached hydrogen (secondary N) is 1. The largest absolute Gasteiger partial charge is 0.280 e. The molecule has 3 rings (SSSR count). The lowest BCUT2D eigenvalue weighted by molar-refractivity contribution is 0.204. The first-order valence-electron chi connectivity index (χ1n) is 9.86. The maximum atomic E-state index is 13.1. The van der Waals surface area contributed by atoms with Crippen LogP contribution in [0.5, 0.6) is 0 Å². The Morgan fingerprint density at radius 2 is 1.50 bits per heavy atom. The first kappa shape index (κ1) is 23.1. The van der Waals surface area contributed by atoms with Crippen molar-refractivity contribution in [2.24, 2.45) is 0 Å². The van der Waals surface area contributed by atoms with Crippen LogP contribution in [-0.2, 0) is 20.0 Å². The molecule has 0 unspecified atom stereocenters. The number of hydrogen-bond acceptors (Lipinski definition) is 4. The van der Waals surface area contributed by atoms with E-state index in [-0.39, 0.29) is 21.9 Å². The fourth-order valence-corrected chi connectivity index (χ4v) is 7.41. The summed E-state index contributed by atoms with van der Waals surface area (Å²) in [5, 5.41) is 0.502. The molecule has 9 heteroatoms. The molecule has 1 N–H and O–H groups in total. The molecule has 0 aliphatic carbocycles. The van der Waals surface area contributed by atoms with Gasteiger partial charge in [0.25, 0.3) is 10.0 Å². The van der Waals surface area contributed by atoms with Gasteiger partial charge in [0.1, 0.15) is 0 Å². The molecule has 2 aromatic rings. The first-order valence-corrected chi connectivity index (χ1v) is 13.2. The van der Waals surface area contributed by atoms with Gasteiger partial charge in [-0.2, -0.15) is 4.31 Å². The lowest BCUT2D eigenvalue weighted by Crippen LogP contribution is -2.47. The van der Waals surface area contributed by atoms with Crippen molar-refractivity contribution in [1.82, 2.24) is 4.31 Å². The van der Waals surface area contributed by atoms with Gasteiger partial charge in [-0.3, -0.25) is 4.72 Å². The number of anilines is 1. The van der Waals surface area contributed by atoms with Gasteiger partial charge in [-0.25, -0.2) is 16.8 Å². The molecule has 0 radical (unpaired) electrons. The van der Waals surface area contributed by atoms with Crippen molar-refractivity contribution in [3.05, 3.63) is 52.5 Å². The van der Waals surface area contributed by atoms with Crippen LogP contribution in [0.25, 0.3) is 0 Å². The van der Waals surface area contributed by atoms with E-state index in [0.717, 1.165) is 19.3 Å². The van der Waals surface area contributed by atoms with Crippen LogP contribution in [0, 0.1) is 13.8 Å². The van der Waals surface area contributed by atoms with Gasteiger partial charge in [-0.1, -0.05) is 18.0 Å². The summed E-state index contributed by atoms with van der Waals surface area (Å²) in [6, 6.07) is 8.85. The summed E-state index contributed by atoms with van der Waals surface area (Å²) < 4.78 is 56.0. The smallest absolute Gasteiger partial charge is 0.262 e. The molecule has 0 saturated carbocycles. The minimum Gasteiger partial charge on any atom is -0.280 e. The number of rotatable bonds is 5. The highest BCUT2D eigenvalue weighted by molar-refractivity contribution is 7.92. The van der Waals surface area contributed by atoms with Gasteiger partial charge in [0.05, 0.1) is 9.79 Å². The highest BCUT2D eigenvalue weighted by Gasteiger charge is 2.35. The Bertz CT molecular complexity index is 1140. The van der Waals surface area contributed by atoms with Crippen molar-refractivity contribution in [3.63, 3.8) is 0 Å². The maximum absolute atomic E-state index is 13.1. The Kier molecular flexibility index (Phi) is 6.53. The second kappa shape index (κ2) is 8.49. The molecule has 1 saturated heterocycles. The predicted molar refractivity (Wildman–Crippen MR) is 120 cm³/mol. The molecule has 2 atom stereocenters. The highest BCUT2D eigenvalue weighted by Crippen LogP contribution is 2.30. The standard InChI is InChI=1S/C21H27ClN2O4S2/c1-14-13-21(15(2)12-20(14)22)29(25,26)23-18-8-10-19(11-9-18)30(27,28)24-16(3)6-5-7-17(24)4/h8-13,16-17,23H,5-7H2,1-4H3/t16-,17+. The molecule has 1 fully saturated rings. The average Bonchev–Trinajstić information content (AvgIpc) is 2.64. The van der Waals surface area contributed by atoms with Crippen LogP contribution >= 0.6 is 11.6 Å². The minimum atomic E-state index is -3.84. The van der Waals surface area contributed by atoms with Crippen molar-refractivity contribution < 1.29 is 16.8 Å². The van der Waals surface area contributed by atoms with Crippen LogP contribution in [-0.4, -0.2) is 33.2 Å². The average molecular weight is 471 g/mol. The minimum absolute atomic E-state index is 0.0620. The van der Waals surface area contributed by atoms with Crippen LogP contribution in [0.2, 0.25) is 5.02 Å². The third kappa shape index (κ3) is 4.51. The van der Waals surface area contributed by atoms with Crippen molar-refractivity contribution in [2.75, 3.05) is 4.72 Å². The second-order valence-electron chi connectivity index (χ2n) is 7.96. The SMILES string of the molecule is Cc1cc(S(=O)(=O)Nc2ccc(S(=O)(=O)N3[C@H](C)CCC[C@@H]3C)cc2)c(C)cc1Cl. The third-order valence-corrected chi connectivity index (χ3v) is 9.61. The number of benzene rings is 2. The molecular formula is C21H27ClN2O4S2. The number of hydrogen-bond donors (Lipinski definition) is 1. The van der Waals surface area contributed by atoms with E-state index in [1.54, 1.807) is 24.2 Å². The summed E-state index contributed by atoms with van der Waals surface area (Å²) in [5.41, 5.74) is 1.49. The van der Waals surface area contributed by atoms with E-state index < -0.39 is 20.0 Å².